The molecule has 0 saturated heterocycles. The van der Waals surface area contributed by atoms with Crippen molar-refractivity contribution in [1.82, 2.24) is 0 Å². The molecular weight excluding hydrogens is 348 g/mol. The van der Waals surface area contributed by atoms with Crippen LogP contribution in [0.3, 0.4) is 0 Å². The Kier molecular flexibility index (Phi) is 5.12. The highest BCUT2D eigenvalue weighted by Gasteiger charge is 2.37. The molecule has 1 aliphatic heterocycles. The first-order chi connectivity index (χ1) is 12.9. The van der Waals surface area contributed by atoms with E-state index in [1.54, 1.807) is 24.3 Å². The Bertz CT molecular complexity index is 876. The fourth-order valence-corrected chi connectivity index (χ4v) is 3.06. The molecule has 1 unspecified atom stereocenters. The lowest BCUT2D eigenvalue weighted by molar-refractivity contribution is -0.126. The standard InChI is InChI=1S/C20H20N2O5/c1-12(2)18(19(24)21-14-9-7-13(8-10-14)20(25)26)22-15-5-3-4-6-16(15)27-11-17(22)23/h3-10,12,18H,11H2,1-2H3,(H,21,24)(H,25,26). The Morgan fingerprint density at radius 2 is 1.78 bits per heavy atom. The van der Waals surface area contributed by atoms with E-state index in [9.17, 15) is 14.4 Å². The predicted octanol–water partition coefficient (Wildman–Crippen LogP) is 2.77. The molecule has 7 nitrogen and oxygen atoms in total. The van der Waals surface area contributed by atoms with Crippen LogP contribution < -0.4 is 15.0 Å². The van der Waals surface area contributed by atoms with Gasteiger partial charge in [0.2, 0.25) is 5.91 Å². The normalized spacial score (nSPS) is 14.3. The monoisotopic (exact) mass is 368 g/mol. The number of nitrogens with one attached hydrogen (secondary N) is 1. The van der Waals surface area contributed by atoms with Gasteiger partial charge < -0.3 is 15.2 Å². The first-order valence-corrected chi connectivity index (χ1v) is 8.56. The highest BCUT2D eigenvalue weighted by atomic mass is 16.5. The lowest BCUT2D eigenvalue weighted by atomic mass is 9.99. The van der Waals surface area contributed by atoms with E-state index in [1.165, 1.54) is 29.2 Å². The zero-order valence-corrected chi connectivity index (χ0v) is 15.0. The molecule has 140 valence electrons. The Hall–Kier alpha value is -3.35. The predicted molar refractivity (Wildman–Crippen MR) is 100 cm³/mol. The summed E-state index contributed by atoms with van der Waals surface area (Å²) in [6, 6.07) is 12.2. The lowest BCUT2D eigenvalue weighted by Gasteiger charge is -2.36. The maximum atomic E-state index is 13.0. The quantitative estimate of drug-likeness (QED) is 0.846. The topological polar surface area (TPSA) is 95.9 Å². The van der Waals surface area contributed by atoms with Gasteiger partial charge in [0.15, 0.2) is 6.61 Å². The lowest BCUT2D eigenvalue weighted by Crippen LogP contribution is -2.53. The number of nitrogens with zero attached hydrogens (tertiary/aromatic N) is 1. The van der Waals surface area contributed by atoms with Crippen molar-refractivity contribution in [3.63, 3.8) is 0 Å². The number of aromatic carboxylic acids is 1. The van der Waals surface area contributed by atoms with Gasteiger partial charge in [-0.1, -0.05) is 26.0 Å². The third kappa shape index (κ3) is 3.76. The summed E-state index contributed by atoms with van der Waals surface area (Å²) < 4.78 is 5.45. The molecular formula is C20H20N2O5. The number of hydrogen-bond acceptors (Lipinski definition) is 4. The van der Waals surface area contributed by atoms with E-state index in [2.05, 4.69) is 5.32 Å². The molecule has 1 atom stereocenters. The molecule has 2 amide bonds. The van der Waals surface area contributed by atoms with Crippen LogP contribution in [-0.4, -0.2) is 35.5 Å². The second kappa shape index (κ2) is 7.49. The van der Waals surface area contributed by atoms with Crippen LogP contribution in [0.4, 0.5) is 11.4 Å². The van der Waals surface area contributed by atoms with E-state index in [0.717, 1.165) is 0 Å². The van der Waals surface area contributed by atoms with Crippen LogP contribution in [0.25, 0.3) is 0 Å². The van der Waals surface area contributed by atoms with Gasteiger partial charge >= 0.3 is 5.97 Å². The number of anilines is 2. The Morgan fingerprint density at radius 3 is 2.41 bits per heavy atom. The number of carboxylic acids is 1. The largest absolute Gasteiger partial charge is 0.482 e. The molecule has 0 aliphatic carbocycles. The molecule has 0 bridgehead atoms. The fraction of sp³-hybridized carbons (Fsp3) is 0.250. The minimum atomic E-state index is -1.04. The molecule has 27 heavy (non-hydrogen) atoms. The Morgan fingerprint density at radius 1 is 1.11 bits per heavy atom. The van der Waals surface area contributed by atoms with Gasteiger partial charge in [0.1, 0.15) is 11.8 Å². The van der Waals surface area contributed by atoms with Gasteiger partial charge in [-0.05, 0) is 42.3 Å². The maximum absolute atomic E-state index is 13.0. The van der Waals surface area contributed by atoms with Crippen molar-refractivity contribution in [3.05, 3.63) is 54.1 Å². The van der Waals surface area contributed by atoms with E-state index in [-0.39, 0.29) is 29.9 Å². The van der Waals surface area contributed by atoms with E-state index >= 15 is 0 Å². The molecule has 2 N–H and O–H groups in total. The fourth-order valence-electron chi connectivity index (χ4n) is 3.06. The highest BCUT2D eigenvalue weighted by Crippen LogP contribution is 2.34. The number of rotatable bonds is 5. The number of para-hydroxylation sites is 2. The van der Waals surface area contributed by atoms with E-state index in [0.29, 0.717) is 17.1 Å². The summed E-state index contributed by atoms with van der Waals surface area (Å²) in [6.07, 6.45) is 0. The second-order valence-corrected chi connectivity index (χ2v) is 6.58. The van der Waals surface area contributed by atoms with Crippen LogP contribution in [0, 0.1) is 5.92 Å². The summed E-state index contributed by atoms with van der Waals surface area (Å²) in [5.41, 5.74) is 1.15. The van der Waals surface area contributed by atoms with Crippen LogP contribution in [0.1, 0.15) is 24.2 Å². The van der Waals surface area contributed by atoms with Crippen molar-refractivity contribution >= 4 is 29.2 Å². The first-order valence-electron chi connectivity index (χ1n) is 8.56. The number of carbonyl (C=O) groups is 3. The molecule has 0 fully saturated rings. The number of carbonyl (C=O) groups excluding carboxylic acids is 2. The zero-order chi connectivity index (χ0) is 19.6. The molecule has 1 heterocycles. The average molecular weight is 368 g/mol. The molecule has 1 aliphatic rings. The van der Waals surface area contributed by atoms with Gasteiger partial charge in [0, 0.05) is 5.69 Å². The molecule has 7 heteroatoms. The third-order valence-corrected chi connectivity index (χ3v) is 4.32. The number of ether oxygens (including phenoxy) is 1. The molecule has 0 spiro atoms. The van der Waals surface area contributed by atoms with Crippen LogP contribution in [0.5, 0.6) is 5.75 Å². The minimum Gasteiger partial charge on any atom is -0.482 e. The van der Waals surface area contributed by atoms with E-state index in [1.807, 2.05) is 13.8 Å². The van der Waals surface area contributed by atoms with Gasteiger partial charge in [-0.25, -0.2) is 4.79 Å². The van der Waals surface area contributed by atoms with Gasteiger partial charge in [-0.15, -0.1) is 0 Å². The van der Waals surface area contributed by atoms with Crippen LogP contribution >= 0.6 is 0 Å². The van der Waals surface area contributed by atoms with Gasteiger partial charge in [0.05, 0.1) is 11.3 Å². The maximum Gasteiger partial charge on any atom is 0.335 e. The summed E-state index contributed by atoms with van der Waals surface area (Å²) in [6.45, 7) is 3.60. The van der Waals surface area contributed by atoms with Crippen molar-refractivity contribution in [1.29, 1.82) is 0 Å². The van der Waals surface area contributed by atoms with Gasteiger partial charge in [-0.2, -0.15) is 0 Å². The summed E-state index contributed by atoms with van der Waals surface area (Å²) in [5, 5.41) is 11.7. The van der Waals surface area contributed by atoms with Crippen molar-refractivity contribution in [2.24, 2.45) is 5.92 Å². The molecule has 2 aromatic rings. The van der Waals surface area contributed by atoms with Crippen molar-refractivity contribution in [2.45, 2.75) is 19.9 Å². The van der Waals surface area contributed by atoms with Crippen LogP contribution in [0.15, 0.2) is 48.5 Å². The number of fused-ring (bicyclic) bond motifs is 1. The zero-order valence-electron chi connectivity index (χ0n) is 15.0. The molecule has 2 aromatic carbocycles. The van der Waals surface area contributed by atoms with Gasteiger partial charge in [0.25, 0.3) is 5.91 Å². The number of carboxylic acid groups (broad SMARTS) is 1. The molecule has 0 radical (unpaired) electrons. The van der Waals surface area contributed by atoms with Gasteiger partial charge in [-0.3, -0.25) is 14.5 Å². The van der Waals surface area contributed by atoms with Crippen LogP contribution in [0.2, 0.25) is 0 Å². The molecule has 0 aromatic heterocycles. The minimum absolute atomic E-state index is 0.124. The SMILES string of the molecule is CC(C)C(C(=O)Nc1ccc(C(=O)O)cc1)N1C(=O)COc2ccccc21. The molecule has 0 saturated carbocycles. The van der Waals surface area contributed by atoms with Crippen molar-refractivity contribution < 1.29 is 24.2 Å². The number of benzene rings is 2. The third-order valence-electron chi connectivity index (χ3n) is 4.32. The molecule has 3 rings (SSSR count). The number of hydrogen-bond donors (Lipinski definition) is 2. The van der Waals surface area contributed by atoms with Crippen molar-refractivity contribution in [3.8, 4) is 5.75 Å². The van der Waals surface area contributed by atoms with E-state index < -0.39 is 12.0 Å². The second-order valence-electron chi connectivity index (χ2n) is 6.58. The Labute approximate surface area is 156 Å². The smallest absolute Gasteiger partial charge is 0.335 e. The Balaban J connectivity index is 1.88. The highest BCUT2D eigenvalue weighted by molar-refractivity contribution is 6.07. The van der Waals surface area contributed by atoms with E-state index in [4.69, 9.17) is 9.84 Å². The average Bonchev–Trinajstić information content (AvgIpc) is 2.64. The summed E-state index contributed by atoms with van der Waals surface area (Å²) in [7, 11) is 0. The number of amides is 2. The van der Waals surface area contributed by atoms with Crippen LogP contribution in [-0.2, 0) is 9.59 Å². The summed E-state index contributed by atoms with van der Waals surface area (Å²) in [4.78, 5) is 37.9. The summed E-state index contributed by atoms with van der Waals surface area (Å²) >= 11 is 0. The van der Waals surface area contributed by atoms with Crippen molar-refractivity contribution in [2.75, 3.05) is 16.8 Å². The first kappa shape index (κ1) is 18.4. The summed E-state index contributed by atoms with van der Waals surface area (Å²) in [5.74, 6) is -1.27.